The van der Waals surface area contributed by atoms with E-state index >= 15 is 0 Å². The predicted molar refractivity (Wildman–Crippen MR) is 87.1 cm³/mol. The van der Waals surface area contributed by atoms with Crippen molar-refractivity contribution in [3.63, 3.8) is 0 Å². The SMILES string of the molecule is C=CCOc1ccccc1CNc1ccc(OCC)cc1. The minimum atomic E-state index is 0.514. The molecule has 0 saturated heterocycles. The van der Waals surface area contributed by atoms with E-state index in [9.17, 15) is 0 Å². The Morgan fingerprint density at radius 1 is 1.05 bits per heavy atom. The van der Waals surface area contributed by atoms with Crippen molar-refractivity contribution in [1.82, 2.24) is 0 Å². The van der Waals surface area contributed by atoms with Crippen LogP contribution in [0.1, 0.15) is 12.5 Å². The zero-order chi connectivity index (χ0) is 14.9. The minimum Gasteiger partial charge on any atom is -0.494 e. The summed E-state index contributed by atoms with van der Waals surface area (Å²) in [6, 6.07) is 16.0. The second-order valence-electron chi connectivity index (χ2n) is 4.52. The maximum atomic E-state index is 5.65. The van der Waals surface area contributed by atoms with Gasteiger partial charge in [-0.2, -0.15) is 0 Å². The van der Waals surface area contributed by atoms with Gasteiger partial charge >= 0.3 is 0 Å². The fourth-order valence-corrected chi connectivity index (χ4v) is 1.97. The lowest BCUT2D eigenvalue weighted by Gasteiger charge is -2.12. The van der Waals surface area contributed by atoms with Crippen molar-refractivity contribution < 1.29 is 9.47 Å². The van der Waals surface area contributed by atoms with E-state index in [1.807, 2.05) is 49.4 Å². The fourth-order valence-electron chi connectivity index (χ4n) is 1.97. The van der Waals surface area contributed by atoms with Gasteiger partial charge in [0, 0.05) is 17.8 Å². The summed E-state index contributed by atoms with van der Waals surface area (Å²) >= 11 is 0. The molecule has 0 fully saturated rings. The van der Waals surface area contributed by atoms with E-state index < -0.39 is 0 Å². The van der Waals surface area contributed by atoms with Crippen molar-refractivity contribution in [2.75, 3.05) is 18.5 Å². The summed E-state index contributed by atoms with van der Waals surface area (Å²) in [7, 11) is 0. The lowest BCUT2D eigenvalue weighted by molar-refractivity contribution is 0.340. The first-order valence-corrected chi connectivity index (χ1v) is 7.12. The van der Waals surface area contributed by atoms with E-state index in [-0.39, 0.29) is 0 Å². The molecule has 2 rings (SSSR count). The number of benzene rings is 2. The van der Waals surface area contributed by atoms with Crippen LogP contribution in [-0.4, -0.2) is 13.2 Å². The van der Waals surface area contributed by atoms with Crippen molar-refractivity contribution in [3.05, 3.63) is 66.7 Å². The van der Waals surface area contributed by atoms with Gasteiger partial charge in [0.15, 0.2) is 0 Å². The zero-order valence-electron chi connectivity index (χ0n) is 12.3. The molecule has 0 heterocycles. The normalized spacial score (nSPS) is 9.95. The molecule has 2 aromatic carbocycles. The first kappa shape index (κ1) is 15.0. The van der Waals surface area contributed by atoms with Gasteiger partial charge in [0.1, 0.15) is 18.1 Å². The van der Waals surface area contributed by atoms with Crippen LogP contribution in [0.15, 0.2) is 61.2 Å². The van der Waals surface area contributed by atoms with Gasteiger partial charge in [0.05, 0.1) is 6.61 Å². The van der Waals surface area contributed by atoms with E-state index in [1.165, 1.54) is 0 Å². The Balaban J connectivity index is 1.97. The van der Waals surface area contributed by atoms with E-state index in [2.05, 4.69) is 18.0 Å². The Hall–Kier alpha value is -2.42. The monoisotopic (exact) mass is 283 g/mol. The van der Waals surface area contributed by atoms with Crippen LogP contribution < -0.4 is 14.8 Å². The number of hydrogen-bond donors (Lipinski definition) is 1. The average Bonchev–Trinajstić information content (AvgIpc) is 2.53. The molecule has 0 spiro atoms. The average molecular weight is 283 g/mol. The maximum absolute atomic E-state index is 5.65. The molecule has 0 aliphatic carbocycles. The first-order chi connectivity index (χ1) is 10.3. The molecule has 0 bridgehead atoms. The molecule has 0 unspecified atom stereocenters. The third kappa shape index (κ3) is 4.56. The van der Waals surface area contributed by atoms with Crippen molar-refractivity contribution >= 4 is 5.69 Å². The highest BCUT2D eigenvalue weighted by atomic mass is 16.5. The van der Waals surface area contributed by atoms with Crippen LogP contribution in [0, 0.1) is 0 Å². The molecule has 0 radical (unpaired) electrons. The number of rotatable bonds is 8. The molecule has 2 aromatic rings. The minimum absolute atomic E-state index is 0.514. The van der Waals surface area contributed by atoms with E-state index in [0.717, 1.165) is 22.7 Å². The highest BCUT2D eigenvalue weighted by Gasteiger charge is 2.02. The topological polar surface area (TPSA) is 30.5 Å². The van der Waals surface area contributed by atoms with Crippen molar-refractivity contribution in [1.29, 1.82) is 0 Å². The molecule has 3 nitrogen and oxygen atoms in total. The Bertz CT molecular complexity index is 564. The smallest absolute Gasteiger partial charge is 0.124 e. The van der Waals surface area contributed by atoms with E-state index in [1.54, 1.807) is 6.08 Å². The standard InChI is InChI=1S/C18H21NO2/c1-3-13-21-18-8-6-5-7-15(18)14-19-16-9-11-17(12-10-16)20-4-2/h3,5-12,19H,1,4,13-14H2,2H3. The molecule has 1 N–H and O–H groups in total. The number of hydrogen-bond acceptors (Lipinski definition) is 3. The van der Waals surface area contributed by atoms with Crippen molar-refractivity contribution in [3.8, 4) is 11.5 Å². The summed E-state index contributed by atoms with van der Waals surface area (Å²) in [6.45, 7) is 7.55. The van der Waals surface area contributed by atoms with Crippen LogP contribution in [0.5, 0.6) is 11.5 Å². The summed E-state index contributed by atoms with van der Waals surface area (Å²) in [5.74, 6) is 1.77. The van der Waals surface area contributed by atoms with Crippen LogP contribution in [0.2, 0.25) is 0 Å². The molecule has 0 aliphatic heterocycles. The third-order valence-electron chi connectivity index (χ3n) is 2.98. The lowest BCUT2D eigenvalue weighted by atomic mass is 10.2. The van der Waals surface area contributed by atoms with Gasteiger partial charge in [-0.05, 0) is 37.3 Å². The Kier molecular flexibility index (Phi) is 5.71. The number of para-hydroxylation sites is 1. The van der Waals surface area contributed by atoms with Crippen molar-refractivity contribution in [2.24, 2.45) is 0 Å². The Morgan fingerprint density at radius 2 is 1.81 bits per heavy atom. The van der Waals surface area contributed by atoms with Crippen molar-refractivity contribution in [2.45, 2.75) is 13.5 Å². The Labute approximate surface area is 126 Å². The molecule has 0 aliphatic rings. The molecule has 0 atom stereocenters. The third-order valence-corrected chi connectivity index (χ3v) is 2.98. The van der Waals surface area contributed by atoms with Crippen LogP contribution in [0.4, 0.5) is 5.69 Å². The predicted octanol–water partition coefficient (Wildman–Crippen LogP) is 4.26. The molecule has 3 heteroatoms. The van der Waals surface area contributed by atoms with Crippen LogP contribution >= 0.6 is 0 Å². The molecule has 0 saturated carbocycles. The van der Waals surface area contributed by atoms with Gasteiger partial charge in [-0.15, -0.1) is 0 Å². The van der Waals surface area contributed by atoms with Crippen LogP contribution in [0.3, 0.4) is 0 Å². The van der Waals surface area contributed by atoms with Gasteiger partial charge in [-0.3, -0.25) is 0 Å². The number of nitrogens with one attached hydrogen (secondary N) is 1. The second kappa shape index (κ2) is 8.00. The van der Waals surface area contributed by atoms with Crippen LogP contribution in [-0.2, 0) is 6.54 Å². The molecule has 21 heavy (non-hydrogen) atoms. The summed E-state index contributed by atoms with van der Waals surface area (Å²) in [5.41, 5.74) is 2.17. The molecular weight excluding hydrogens is 262 g/mol. The van der Waals surface area contributed by atoms with Gasteiger partial charge in [-0.25, -0.2) is 0 Å². The first-order valence-electron chi connectivity index (χ1n) is 7.12. The highest BCUT2D eigenvalue weighted by Crippen LogP contribution is 2.21. The molecule has 0 aromatic heterocycles. The van der Waals surface area contributed by atoms with Gasteiger partial charge in [-0.1, -0.05) is 30.9 Å². The highest BCUT2D eigenvalue weighted by molar-refractivity contribution is 5.47. The largest absolute Gasteiger partial charge is 0.494 e. The Morgan fingerprint density at radius 3 is 2.52 bits per heavy atom. The summed E-state index contributed by atoms with van der Waals surface area (Å²) < 4.78 is 11.1. The van der Waals surface area contributed by atoms with Gasteiger partial charge in [0.2, 0.25) is 0 Å². The molecular formula is C18H21NO2. The molecule has 110 valence electrons. The van der Waals surface area contributed by atoms with Gasteiger partial charge < -0.3 is 14.8 Å². The van der Waals surface area contributed by atoms with Gasteiger partial charge in [0.25, 0.3) is 0 Å². The zero-order valence-corrected chi connectivity index (χ0v) is 12.3. The summed E-state index contributed by atoms with van der Waals surface area (Å²) in [5, 5.41) is 3.39. The van der Waals surface area contributed by atoms with Crippen LogP contribution in [0.25, 0.3) is 0 Å². The second-order valence-corrected chi connectivity index (χ2v) is 4.52. The van der Waals surface area contributed by atoms with E-state index in [0.29, 0.717) is 19.8 Å². The quantitative estimate of drug-likeness (QED) is 0.734. The fraction of sp³-hybridized carbons (Fsp3) is 0.222. The summed E-state index contributed by atoms with van der Waals surface area (Å²) in [6.07, 6.45) is 1.75. The lowest BCUT2D eigenvalue weighted by Crippen LogP contribution is -2.03. The number of ether oxygens (including phenoxy) is 2. The number of anilines is 1. The maximum Gasteiger partial charge on any atom is 0.124 e. The summed E-state index contributed by atoms with van der Waals surface area (Å²) in [4.78, 5) is 0. The van der Waals surface area contributed by atoms with E-state index in [4.69, 9.17) is 9.47 Å². The molecule has 0 amide bonds.